The number of aryl methyl sites for hydroxylation is 2. The molecule has 0 bridgehead atoms. The Labute approximate surface area is 283 Å². The van der Waals surface area contributed by atoms with Gasteiger partial charge in [-0.2, -0.15) is 5.26 Å². The zero-order valence-electron chi connectivity index (χ0n) is 27.1. The fourth-order valence-electron chi connectivity index (χ4n) is 6.56. The number of nitrogens with zero attached hydrogens (tertiary/aromatic N) is 2. The van der Waals surface area contributed by atoms with Crippen LogP contribution >= 0.6 is 11.3 Å². The van der Waals surface area contributed by atoms with Gasteiger partial charge in [0.15, 0.2) is 5.69 Å². The summed E-state index contributed by atoms with van der Waals surface area (Å²) in [5, 5.41) is 17.3. The van der Waals surface area contributed by atoms with Crippen LogP contribution in [0.15, 0.2) is 47.8 Å². The van der Waals surface area contributed by atoms with Gasteiger partial charge in [-0.15, -0.1) is 11.3 Å². The molecule has 1 aliphatic carbocycles. The highest BCUT2D eigenvalue weighted by Gasteiger charge is 2.28. The van der Waals surface area contributed by atoms with Crippen molar-refractivity contribution in [3.63, 3.8) is 0 Å². The maximum absolute atomic E-state index is 14.3. The topological polar surface area (TPSA) is 156 Å². The van der Waals surface area contributed by atoms with Crippen molar-refractivity contribution in [3.8, 4) is 33.4 Å². The molecule has 11 heteroatoms. The van der Waals surface area contributed by atoms with Crippen LogP contribution in [0.5, 0.6) is 5.75 Å². The summed E-state index contributed by atoms with van der Waals surface area (Å²) in [6.45, 7) is 4.67. The maximum Gasteiger partial charge on any atom is 0.357 e. The van der Waals surface area contributed by atoms with Gasteiger partial charge < -0.3 is 25.8 Å². The minimum Gasteiger partial charge on any atom is -0.493 e. The molecule has 0 saturated heterocycles. The summed E-state index contributed by atoms with van der Waals surface area (Å²) >= 11 is 1.58. The molecule has 2 aromatic heterocycles. The Morgan fingerprint density at radius 2 is 1.77 bits per heavy atom. The number of hydrogen-bond acceptors (Lipinski definition) is 9. The van der Waals surface area contributed by atoms with E-state index in [0.29, 0.717) is 60.5 Å². The van der Waals surface area contributed by atoms with Crippen LogP contribution < -0.4 is 21.1 Å². The van der Waals surface area contributed by atoms with E-state index in [4.69, 9.17) is 15.2 Å². The number of thiophene rings is 1. The highest BCUT2D eigenvalue weighted by molar-refractivity contribution is 7.13. The number of benzene rings is 2. The number of esters is 1. The van der Waals surface area contributed by atoms with E-state index in [9.17, 15) is 19.6 Å². The zero-order valence-corrected chi connectivity index (χ0v) is 28.0. The van der Waals surface area contributed by atoms with Crippen LogP contribution in [0.1, 0.15) is 79.3 Å². The lowest BCUT2D eigenvalue weighted by atomic mass is 9.87. The molecular formula is C37H37N5O5S. The Balaban J connectivity index is 1.44. The van der Waals surface area contributed by atoms with Crippen LogP contribution in [-0.4, -0.2) is 42.5 Å². The molecule has 4 N–H and O–H groups in total. The predicted octanol–water partition coefficient (Wildman–Crippen LogP) is 6.34. The summed E-state index contributed by atoms with van der Waals surface area (Å²) < 4.78 is 11.3. The minimum atomic E-state index is -0.749. The number of nitrogens with one attached hydrogen (secondary N) is 2. The molecule has 3 heterocycles. The Morgan fingerprint density at radius 1 is 1.02 bits per heavy atom. The van der Waals surface area contributed by atoms with Crippen molar-refractivity contribution in [2.45, 2.75) is 58.5 Å². The van der Waals surface area contributed by atoms with Gasteiger partial charge in [0, 0.05) is 57.7 Å². The highest BCUT2D eigenvalue weighted by Crippen LogP contribution is 2.43. The molecule has 0 radical (unpaired) electrons. The lowest BCUT2D eigenvalue weighted by molar-refractivity contribution is 0.0594. The van der Waals surface area contributed by atoms with E-state index >= 15 is 0 Å². The van der Waals surface area contributed by atoms with Crippen molar-refractivity contribution in [2.24, 2.45) is 11.7 Å². The van der Waals surface area contributed by atoms with Gasteiger partial charge in [-0.25, -0.2) is 9.78 Å². The number of ether oxygens (including phenoxy) is 2. The molecule has 1 aliphatic heterocycles. The van der Waals surface area contributed by atoms with Crippen LogP contribution in [0.3, 0.4) is 0 Å². The second-order valence-corrected chi connectivity index (χ2v) is 13.2. The molecule has 6 rings (SSSR count). The first kappa shape index (κ1) is 32.9. The maximum atomic E-state index is 14.3. The first-order valence-corrected chi connectivity index (χ1v) is 16.9. The highest BCUT2D eigenvalue weighted by atomic mass is 32.1. The molecule has 0 spiro atoms. The largest absolute Gasteiger partial charge is 0.493 e. The third kappa shape index (κ3) is 6.54. The van der Waals surface area contributed by atoms with Crippen LogP contribution in [0.25, 0.3) is 21.6 Å². The summed E-state index contributed by atoms with van der Waals surface area (Å²) in [6.07, 6.45) is 3.54. The third-order valence-corrected chi connectivity index (χ3v) is 10.1. The summed E-state index contributed by atoms with van der Waals surface area (Å²) in [4.78, 5) is 46.3. The quantitative estimate of drug-likeness (QED) is 0.194. The van der Waals surface area contributed by atoms with E-state index in [0.717, 1.165) is 45.5 Å². The average Bonchev–Trinajstić information content (AvgIpc) is 3.50. The fraction of sp³-hybridized carbons (Fsp3) is 0.324. The smallest absolute Gasteiger partial charge is 0.357 e. The third-order valence-electron chi connectivity index (χ3n) is 9.09. The number of aromatic nitrogens is 1. The second kappa shape index (κ2) is 14.0. The van der Waals surface area contributed by atoms with Crippen LogP contribution in [0, 0.1) is 31.1 Å². The molecule has 10 nitrogen and oxygen atoms in total. The lowest BCUT2D eigenvalue weighted by Gasteiger charge is -2.25. The molecule has 246 valence electrons. The van der Waals surface area contributed by atoms with Crippen molar-refractivity contribution in [1.82, 2.24) is 10.3 Å². The van der Waals surface area contributed by atoms with Gasteiger partial charge in [-0.05, 0) is 97.5 Å². The Bertz CT molecular complexity index is 1930. The molecule has 4 aromatic rings. The first-order chi connectivity index (χ1) is 23.2. The molecule has 0 atom stereocenters. The van der Waals surface area contributed by atoms with Gasteiger partial charge in [0.1, 0.15) is 11.4 Å². The minimum absolute atomic E-state index is 0.00214. The Kier molecular flexibility index (Phi) is 9.57. The molecule has 2 amide bonds. The summed E-state index contributed by atoms with van der Waals surface area (Å²) in [6, 6.07) is 14.9. The number of rotatable bonds is 7. The number of anilines is 1. The van der Waals surface area contributed by atoms with Gasteiger partial charge >= 0.3 is 5.97 Å². The molecule has 2 aliphatic rings. The van der Waals surface area contributed by atoms with Gasteiger partial charge in [-0.3, -0.25) is 9.59 Å². The molecule has 0 unspecified atom stereocenters. The number of fused-ring (bicyclic) bond motifs is 3. The van der Waals surface area contributed by atoms with Gasteiger partial charge in [-0.1, -0.05) is 12.1 Å². The molecule has 1 saturated carbocycles. The van der Waals surface area contributed by atoms with E-state index < -0.39 is 11.9 Å². The van der Waals surface area contributed by atoms with E-state index in [1.54, 1.807) is 35.6 Å². The zero-order chi connectivity index (χ0) is 33.9. The number of methoxy groups -OCH3 is 1. The fourth-order valence-corrected chi connectivity index (χ4v) is 7.53. The van der Waals surface area contributed by atoms with Gasteiger partial charge in [0.05, 0.1) is 19.8 Å². The Morgan fingerprint density at radius 3 is 2.46 bits per heavy atom. The van der Waals surface area contributed by atoms with Crippen LogP contribution in [-0.2, 0) is 17.7 Å². The first-order valence-electron chi connectivity index (χ1n) is 16.0. The van der Waals surface area contributed by atoms with Crippen molar-refractivity contribution >= 4 is 34.8 Å². The van der Waals surface area contributed by atoms with Crippen molar-refractivity contribution in [1.29, 1.82) is 5.26 Å². The normalized spacial score (nSPS) is 16.7. The predicted molar refractivity (Wildman–Crippen MR) is 184 cm³/mol. The van der Waals surface area contributed by atoms with Gasteiger partial charge in [0.25, 0.3) is 11.8 Å². The number of nitriles is 1. The Hall–Kier alpha value is -5.05. The molecular weight excluding hydrogens is 627 g/mol. The lowest BCUT2D eigenvalue weighted by Crippen LogP contribution is -2.38. The number of carbonyl (C=O) groups is 3. The van der Waals surface area contributed by atoms with Crippen molar-refractivity contribution < 1.29 is 23.9 Å². The summed E-state index contributed by atoms with van der Waals surface area (Å²) in [5.74, 6) is -0.976. The van der Waals surface area contributed by atoms with Crippen molar-refractivity contribution in [3.05, 3.63) is 87.0 Å². The number of pyridine rings is 1. The molecule has 2 aromatic carbocycles. The number of carbonyl (C=O) groups excluding carboxylic acids is 3. The standard InChI is InChI=1S/C37H37N5O5S/c1-20-14-23(19-39)15-21(2)32(20)42-35(43)28-16-29-31(47-12-10-24-11-13-48-34(24)29)17-27(28)26-8-9-30(41-33(26)37(45)46-3)36(44)40-25-6-4-22(18-38)5-7-25/h8-9,11,13-17,22,25H,4-7,10,12,19,39H2,1-3H3,(H,40,44)(H,42,43). The van der Waals surface area contributed by atoms with E-state index in [1.807, 2.05) is 31.4 Å². The average molecular weight is 664 g/mol. The van der Waals surface area contributed by atoms with E-state index in [-0.39, 0.29) is 29.3 Å². The molecule has 48 heavy (non-hydrogen) atoms. The number of nitrogens with two attached hydrogens (primary N) is 1. The van der Waals surface area contributed by atoms with E-state index in [2.05, 4.69) is 27.8 Å². The summed E-state index contributed by atoms with van der Waals surface area (Å²) in [7, 11) is 1.25. The summed E-state index contributed by atoms with van der Waals surface area (Å²) in [5.41, 5.74) is 12.2. The number of amides is 2. The van der Waals surface area contributed by atoms with Crippen LogP contribution in [0.2, 0.25) is 0 Å². The van der Waals surface area contributed by atoms with Gasteiger partial charge in [0.2, 0.25) is 0 Å². The molecule has 1 fully saturated rings. The second-order valence-electron chi connectivity index (χ2n) is 12.3. The van der Waals surface area contributed by atoms with E-state index in [1.165, 1.54) is 7.11 Å². The van der Waals surface area contributed by atoms with Crippen LogP contribution in [0.4, 0.5) is 5.69 Å². The monoisotopic (exact) mass is 663 g/mol. The van der Waals surface area contributed by atoms with Crippen molar-refractivity contribution in [2.75, 3.05) is 19.0 Å². The SMILES string of the molecule is COC(=O)c1nc(C(=O)NC2CCC(C#N)CC2)ccc1-c1cc2c(cc1C(=O)Nc1c(C)cc(CN)cc1C)-c1sccc1CCO2. The number of hydrogen-bond donors (Lipinski definition) is 3.